The second-order valence-corrected chi connectivity index (χ2v) is 3.33. The van der Waals surface area contributed by atoms with E-state index in [1.165, 1.54) is 13.2 Å². The summed E-state index contributed by atoms with van der Waals surface area (Å²) in [7, 11) is 1.43. The topological polar surface area (TPSA) is 89.8 Å². The van der Waals surface area contributed by atoms with Gasteiger partial charge in [-0.3, -0.25) is 0 Å². The number of hydrogen-bond acceptors (Lipinski definition) is 5. The average molecular weight is 237 g/mol. The lowest BCUT2D eigenvalue weighted by molar-refractivity contribution is -0.297. The van der Waals surface area contributed by atoms with Gasteiger partial charge < -0.3 is 24.9 Å². The van der Waals surface area contributed by atoms with Crippen molar-refractivity contribution in [2.75, 3.05) is 7.11 Å². The molecule has 1 aromatic rings. The third kappa shape index (κ3) is 3.30. The molecule has 0 amide bonds. The molecule has 0 aliphatic heterocycles. The monoisotopic (exact) mass is 237 g/mol. The van der Waals surface area contributed by atoms with Crippen LogP contribution in [0.2, 0.25) is 0 Å². The summed E-state index contributed by atoms with van der Waals surface area (Å²) in [5.74, 6) is -0.905. The lowest BCUT2D eigenvalue weighted by Crippen LogP contribution is -2.18. The Bertz CT molecular complexity index is 412. The Morgan fingerprint density at radius 2 is 2.12 bits per heavy atom. The Hall–Kier alpha value is -1.85. The van der Waals surface area contributed by atoms with Gasteiger partial charge in [-0.1, -0.05) is 6.08 Å². The van der Waals surface area contributed by atoms with Crippen LogP contribution in [0.4, 0.5) is 0 Å². The highest BCUT2D eigenvalue weighted by Gasteiger charge is 2.09. The highest BCUT2D eigenvalue weighted by Crippen LogP contribution is 2.25. The van der Waals surface area contributed by atoms with Crippen molar-refractivity contribution in [2.45, 2.75) is 13.2 Å². The number of carboxylic acids is 1. The van der Waals surface area contributed by atoms with E-state index in [1.54, 1.807) is 12.1 Å². The molecule has 92 valence electrons. The van der Waals surface area contributed by atoms with Gasteiger partial charge in [0.2, 0.25) is 0 Å². The van der Waals surface area contributed by atoms with Crippen LogP contribution in [0.25, 0.3) is 6.08 Å². The summed E-state index contributed by atoms with van der Waals surface area (Å²) in [5, 5.41) is 28.6. The van der Waals surface area contributed by atoms with Crippen LogP contribution in [0.3, 0.4) is 0 Å². The van der Waals surface area contributed by atoms with Crippen LogP contribution in [0.5, 0.6) is 5.75 Å². The van der Waals surface area contributed by atoms with Crippen LogP contribution in [-0.4, -0.2) is 23.3 Å². The molecule has 0 aliphatic rings. The molecule has 1 rings (SSSR count). The largest absolute Gasteiger partial charge is 0.545 e. The highest BCUT2D eigenvalue weighted by molar-refractivity contribution is 5.83. The maximum atomic E-state index is 10.3. The van der Waals surface area contributed by atoms with E-state index in [0.29, 0.717) is 22.4 Å². The van der Waals surface area contributed by atoms with E-state index >= 15 is 0 Å². The molecule has 17 heavy (non-hydrogen) atoms. The van der Waals surface area contributed by atoms with Gasteiger partial charge in [-0.2, -0.15) is 0 Å². The van der Waals surface area contributed by atoms with Crippen molar-refractivity contribution >= 4 is 12.0 Å². The summed E-state index contributed by atoms with van der Waals surface area (Å²) in [6.07, 6.45) is 2.21. The van der Waals surface area contributed by atoms with Crippen molar-refractivity contribution in [2.24, 2.45) is 0 Å². The maximum Gasteiger partial charge on any atom is 0.125 e. The summed E-state index contributed by atoms with van der Waals surface area (Å²) in [6.45, 7) is -0.525. The van der Waals surface area contributed by atoms with E-state index in [4.69, 9.17) is 14.9 Å². The Morgan fingerprint density at radius 1 is 1.41 bits per heavy atom. The van der Waals surface area contributed by atoms with Gasteiger partial charge in [-0.25, -0.2) is 0 Å². The first-order valence-electron chi connectivity index (χ1n) is 4.93. The van der Waals surface area contributed by atoms with Crippen molar-refractivity contribution in [1.82, 2.24) is 0 Å². The molecular formula is C12H13O5-. The van der Waals surface area contributed by atoms with E-state index in [-0.39, 0.29) is 13.2 Å². The lowest BCUT2D eigenvalue weighted by Gasteiger charge is -2.12. The average Bonchev–Trinajstić information content (AvgIpc) is 2.34. The SMILES string of the molecule is COc1cc(/C=C/C(=O)[O-])cc(CO)c1CO. The van der Waals surface area contributed by atoms with E-state index in [9.17, 15) is 9.90 Å². The van der Waals surface area contributed by atoms with Gasteiger partial charge in [0.1, 0.15) is 5.75 Å². The first-order valence-corrected chi connectivity index (χ1v) is 4.93. The van der Waals surface area contributed by atoms with Crippen molar-refractivity contribution in [3.05, 3.63) is 34.9 Å². The molecular weight excluding hydrogens is 224 g/mol. The molecule has 0 spiro atoms. The molecule has 0 aromatic heterocycles. The molecule has 5 heteroatoms. The Morgan fingerprint density at radius 3 is 2.59 bits per heavy atom. The fourth-order valence-corrected chi connectivity index (χ4v) is 1.49. The second-order valence-electron chi connectivity index (χ2n) is 3.33. The molecule has 0 fully saturated rings. The zero-order valence-corrected chi connectivity index (χ0v) is 9.34. The first-order chi connectivity index (χ1) is 8.12. The van der Waals surface area contributed by atoms with Gasteiger partial charge in [-0.15, -0.1) is 0 Å². The number of ether oxygens (including phenoxy) is 1. The lowest BCUT2D eigenvalue weighted by atomic mass is 10.0. The van der Waals surface area contributed by atoms with Crippen molar-refractivity contribution in [1.29, 1.82) is 0 Å². The number of benzene rings is 1. The van der Waals surface area contributed by atoms with Crippen molar-refractivity contribution < 1.29 is 24.9 Å². The Kier molecular flexibility index (Phi) is 4.68. The molecule has 0 aliphatic carbocycles. The smallest absolute Gasteiger partial charge is 0.125 e. The number of carbonyl (C=O) groups excluding carboxylic acids is 1. The van der Waals surface area contributed by atoms with Crippen LogP contribution >= 0.6 is 0 Å². The zero-order chi connectivity index (χ0) is 12.8. The maximum absolute atomic E-state index is 10.3. The van der Waals surface area contributed by atoms with E-state index in [0.717, 1.165) is 6.08 Å². The van der Waals surface area contributed by atoms with Gasteiger partial charge >= 0.3 is 0 Å². The van der Waals surface area contributed by atoms with Gasteiger partial charge in [0.05, 0.1) is 26.3 Å². The van der Waals surface area contributed by atoms with Crippen molar-refractivity contribution in [3.8, 4) is 5.75 Å². The number of aliphatic carboxylic acids is 1. The van der Waals surface area contributed by atoms with Gasteiger partial charge in [-0.05, 0) is 29.3 Å². The van der Waals surface area contributed by atoms with Crippen LogP contribution in [0.1, 0.15) is 16.7 Å². The normalized spacial score (nSPS) is 10.8. The Balaban J connectivity index is 3.22. The van der Waals surface area contributed by atoms with Crippen LogP contribution in [-0.2, 0) is 18.0 Å². The molecule has 0 saturated heterocycles. The number of carbonyl (C=O) groups is 1. The molecule has 0 saturated carbocycles. The summed E-state index contributed by atoms with van der Waals surface area (Å²) >= 11 is 0. The molecule has 0 atom stereocenters. The van der Waals surface area contributed by atoms with E-state index in [1.807, 2.05) is 0 Å². The molecule has 1 aromatic carbocycles. The minimum absolute atomic E-state index is 0.260. The summed E-state index contributed by atoms with van der Waals surface area (Å²) in [4.78, 5) is 10.3. The number of aliphatic hydroxyl groups is 2. The number of methoxy groups -OCH3 is 1. The zero-order valence-electron chi connectivity index (χ0n) is 9.34. The molecule has 0 unspecified atom stereocenters. The minimum atomic E-state index is -1.30. The minimum Gasteiger partial charge on any atom is -0.545 e. The standard InChI is InChI=1S/C12H14O5/c1-17-11-5-8(2-3-12(15)16)4-9(6-13)10(11)7-14/h2-5,13-14H,6-7H2,1H3,(H,15,16)/p-1/b3-2+. The molecule has 0 bridgehead atoms. The third-order valence-electron chi connectivity index (χ3n) is 2.28. The summed E-state index contributed by atoms with van der Waals surface area (Å²) < 4.78 is 5.06. The number of rotatable bonds is 5. The number of hydrogen-bond donors (Lipinski definition) is 2. The molecule has 2 N–H and O–H groups in total. The van der Waals surface area contributed by atoms with Crippen LogP contribution in [0, 0.1) is 0 Å². The quantitative estimate of drug-likeness (QED) is 0.670. The second kappa shape index (κ2) is 6.03. The predicted octanol–water partition coefficient (Wildman–Crippen LogP) is -0.557. The van der Waals surface area contributed by atoms with Gasteiger partial charge in [0, 0.05) is 5.56 Å². The predicted molar refractivity (Wildman–Crippen MR) is 58.9 cm³/mol. The molecule has 0 heterocycles. The summed E-state index contributed by atoms with van der Waals surface area (Å²) in [5.41, 5.74) is 1.53. The highest BCUT2D eigenvalue weighted by atomic mass is 16.5. The van der Waals surface area contributed by atoms with Crippen molar-refractivity contribution in [3.63, 3.8) is 0 Å². The first kappa shape index (κ1) is 13.2. The molecule has 5 nitrogen and oxygen atoms in total. The fourth-order valence-electron chi connectivity index (χ4n) is 1.49. The van der Waals surface area contributed by atoms with E-state index < -0.39 is 5.97 Å². The van der Waals surface area contributed by atoms with Crippen LogP contribution < -0.4 is 9.84 Å². The van der Waals surface area contributed by atoms with Crippen LogP contribution in [0.15, 0.2) is 18.2 Å². The Labute approximate surface area is 98.6 Å². The van der Waals surface area contributed by atoms with Gasteiger partial charge in [0.15, 0.2) is 0 Å². The van der Waals surface area contributed by atoms with Gasteiger partial charge in [0.25, 0.3) is 0 Å². The number of aliphatic hydroxyl groups excluding tert-OH is 2. The number of carboxylic acid groups (broad SMARTS) is 1. The molecule has 0 radical (unpaired) electrons. The summed E-state index contributed by atoms with van der Waals surface area (Å²) in [6, 6.07) is 3.15. The fraction of sp³-hybridized carbons (Fsp3) is 0.250. The van der Waals surface area contributed by atoms with E-state index in [2.05, 4.69) is 0 Å². The third-order valence-corrected chi connectivity index (χ3v) is 2.28.